The predicted molar refractivity (Wildman–Crippen MR) is 68.0 cm³/mol. The summed E-state index contributed by atoms with van der Waals surface area (Å²) in [4.78, 5) is 0.558. The molecule has 0 nitrogen and oxygen atoms in total. The predicted octanol–water partition coefficient (Wildman–Crippen LogP) is 4.61. The minimum atomic E-state index is 0.555. The van der Waals surface area contributed by atoms with Gasteiger partial charge < -0.3 is 0 Å². The molecule has 0 heterocycles. The molecule has 1 rings (SSSR count). The lowest BCUT2D eigenvalue weighted by atomic mass is 9.95. The Morgan fingerprint density at radius 1 is 1.50 bits per heavy atom. The van der Waals surface area contributed by atoms with Crippen molar-refractivity contribution in [2.24, 2.45) is 0 Å². The number of rotatable bonds is 4. The van der Waals surface area contributed by atoms with E-state index in [-0.39, 0.29) is 0 Å². The van der Waals surface area contributed by atoms with Gasteiger partial charge in [0.1, 0.15) is 0 Å². The van der Waals surface area contributed by atoms with Crippen LogP contribution in [0.2, 0.25) is 0 Å². The van der Waals surface area contributed by atoms with Gasteiger partial charge >= 0.3 is 0 Å². The molecule has 0 aromatic heterocycles. The Kier molecular flexibility index (Phi) is 4.40. The van der Waals surface area contributed by atoms with Gasteiger partial charge in [-0.05, 0) is 23.5 Å². The maximum absolute atomic E-state index is 3.78. The van der Waals surface area contributed by atoms with Crippen LogP contribution in [0.1, 0.15) is 37.3 Å². The maximum Gasteiger partial charge on any atom is 0.0209 e. The molecule has 76 valence electrons. The topological polar surface area (TPSA) is 0 Å². The molecule has 0 bridgehead atoms. The molecule has 0 saturated heterocycles. The number of halogens is 1. The Labute approximate surface area is 95.2 Å². The average Bonchev–Trinajstić information content (AvgIpc) is 2.27. The third-order valence-electron chi connectivity index (χ3n) is 2.60. The SMILES string of the molecule is C=Cc1cccc(C(C)C(Br)CC)c1. The maximum atomic E-state index is 3.78. The molecule has 0 saturated carbocycles. The molecular weight excluding hydrogens is 236 g/mol. The van der Waals surface area contributed by atoms with E-state index in [1.807, 2.05) is 6.08 Å². The molecule has 0 spiro atoms. The fourth-order valence-electron chi connectivity index (χ4n) is 1.53. The zero-order valence-electron chi connectivity index (χ0n) is 8.83. The second-order valence-electron chi connectivity index (χ2n) is 3.59. The van der Waals surface area contributed by atoms with Crippen LogP contribution in [0.25, 0.3) is 6.08 Å². The van der Waals surface area contributed by atoms with Crippen LogP contribution in [-0.4, -0.2) is 4.83 Å². The average molecular weight is 253 g/mol. The molecule has 2 unspecified atom stereocenters. The van der Waals surface area contributed by atoms with Crippen molar-refractivity contribution >= 4 is 22.0 Å². The minimum absolute atomic E-state index is 0.555. The van der Waals surface area contributed by atoms with Crippen molar-refractivity contribution in [1.29, 1.82) is 0 Å². The molecule has 0 fully saturated rings. The zero-order chi connectivity index (χ0) is 10.6. The quantitative estimate of drug-likeness (QED) is 0.687. The molecule has 0 N–H and O–H groups in total. The number of alkyl halides is 1. The van der Waals surface area contributed by atoms with E-state index >= 15 is 0 Å². The molecule has 0 radical (unpaired) electrons. The highest BCUT2D eigenvalue weighted by Gasteiger charge is 2.13. The fourth-order valence-corrected chi connectivity index (χ4v) is 1.84. The summed E-state index contributed by atoms with van der Waals surface area (Å²) in [6.45, 7) is 8.24. The third-order valence-corrected chi connectivity index (χ3v) is 4.05. The van der Waals surface area contributed by atoms with E-state index in [2.05, 4.69) is 60.6 Å². The van der Waals surface area contributed by atoms with Gasteiger partial charge in [0, 0.05) is 4.83 Å². The molecule has 0 aliphatic rings. The lowest BCUT2D eigenvalue weighted by Gasteiger charge is -2.17. The van der Waals surface area contributed by atoms with Gasteiger partial charge in [-0.15, -0.1) is 0 Å². The monoisotopic (exact) mass is 252 g/mol. The van der Waals surface area contributed by atoms with E-state index in [0.29, 0.717) is 10.7 Å². The van der Waals surface area contributed by atoms with E-state index in [4.69, 9.17) is 0 Å². The van der Waals surface area contributed by atoms with E-state index in [1.54, 1.807) is 0 Å². The molecule has 0 aliphatic carbocycles. The van der Waals surface area contributed by atoms with Gasteiger partial charge in [-0.2, -0.15) is 0 Å². The Hall–Kier alpha value is -0.560. The Morgan fingerprint density at radius 2 is 2.21 bits per heavy atom. The van der Waals surface area contributed by atoms with Crippen LogP contribution in [0.5, 0.6) is 0 Å². The van der Waals surface area contributed by atoms with Crippen LogP contribution in [0.3, 0.4) is 0 Å². The molecule has 0 amide bonds. The van der Waals surface area contributed by atoms with Crippen LogP contribution in [0.15, 0.2) is 30.8 Å². The molecule has 0 aliphatic heterocycles. The van der Waals surface area contributed by atoms with Crippen LogP contribution in [-0.2, 0) is 0 Å². The lowest BCUT2D eigenvalue weighted by molar-refractivity contribution is 0.694. The highest BCUT2D eigenvalue weighted by atomic mass is 79.9. The van der Waals surface area contributed by atoms with E-state index in [9.17, 15) is 0 Å². The molecule has 14 heavy (non-hydrogen) atoms. The summed E-state index contributed by atoms with van der Waals surface area (Å²) in [5, 5.41) is 0. The zero-order valence-corrected chi connectivity index (χ0v) is 10.4. The number of hydrogen-bond donors (Lipinski definition) is 0. The normalized spacial score (nSPS) is 14.8. The van der Waals surface area contributed by atoms with Crippen LogP contribution < -0.4 is 0 Å². The standard InChI is InChI=1S/C13H17Br/c1-4-11-7-6-8-12(9-11)10(3)13(14)5-2/h4,6-10,13H,1,5H2,2-3H3. The molecule has 1 aromatic carbocycles. The summed E-state index contributed by atoms with van der Waals surface area (Å²) in [5.41, 5.74) is 2.58. The van der Waals surface area contributed by atoms with Crippen LogP contribution in [0, 0.1) is 0 Å². The van der Waals surface area contributed by atoms with Crippen LogP contribution >= 0.6 is 15.9 Å². The van der Waals surface area contributed by atoms with Gasteiger partial charge in [0.15, 0.2) is 0 Å². The van der Waals surface area contributed by atoms with Crippen LogP contribution in [0.4, 0.5) is 0 Å². The number of benzene rings is 1. The lowest BCUT2D eigenvalue weighted by Crippen LogP contribution is -2.07. The van der Waals surface area contributed by atoms with Gasteiger partial charge in [-0.25, -0.2) is 0 Å². The van der Waals surface area contributed by atoms with Gasteiger partial charge in [0.2, 0.25) is 0 Å². The first-order valence-corrected chi connectivity index (χ1v) is 5.97. The van der Waals surface area contributed by atoms with Crippen molar-refractivity contribution in [2.45, 2.75) is 31.0 Å². The summed E-state index contributed by atoms with van der Waals surface area (Å²) in [6, 6.07) is 8.57. The van der Waals surface area contributed by atoms with E-state index in [1.165, 1.54) is 11.1 Å². The Bertz CT molecular complexity index is 304. The largest absolute Gasteiger partial charge is 0.0985 e. The van der Waals surface area contributed by atoms with Crippen molar-refractivity contribution in [3.63, 3.8) is 0 Å². The fraction of sp³-hybridized carbons (Fsp3) is 0.385. The molecule has 1 heteroatoms. The minimum Gasteiger partial charge on any atom is -0.0985 e. The molecular formula is C13H17Br. The first-order valence-electron chi connectivity index (χ1n) is 5.05. The van der Waals surface area contributed by atoms with E-state index in [0.717, 1.165) is 6.42 Å². The summed E-state index contributed by atoms with van der Waals surface area (Å²) in [6.07, 6.45) is 3.05. The second-order valence-corrected chi connectivity index (χ2v) is 4.76. The van der Waals surface area contributed by atoms with Crippen molar-refractivity contribution in [3.05, 3.63) is 42.0 Å². The summed E-state index contributed by atoms with van der Waals surface area (Å²) in [7, 11) is 0. The summed E-state index contributed by atoms with van der Waals surface area (Å²) < 4.78 is 0. The van der Waals surface area contributed by atoms with Gasteiger partial charge in [-0.3, -0.25) is 0 Å². The van der Waals surface area contributed by atoms with Crippen molar-refractivity contribution in [2.75, 3.05) is 0 Å². The molecule has 2 atom stereocenters. The van der Waals surface area contributed by atoms with Crippen molar-refractivity contribution < 1.29 is 0 Å². The smallest absolute Gasteiger partial charge is 0.0209 e. The van der Waals surface area contributed by atoms with Crippen molar-refractivity contribution in [1.82, 2.24) is 0 Å². The second kappa shape index (κ2) is 5.35. The van der Waals surface area contributed by atoms with Gasteiger partial charge in [0.05, 0.1) is 0 Å². The summed E-state index contributed by atoms with van der Waals surface area (Å²) >= 11 is 3.70. The first kappa shape index (κ1) is 11.5. The van der Waals surface area contributed by atoms with Crippen molar-refractivity contribution in [3.8, 4) is 0 Å². The summed E-state index contributed by atoms with van der Waals surface area (Å²) in [5.74, 6) is 0.555. The number of hydrogen-bond acceptors (Lipinski definition) is 0. The van der Waals surface area contributed by atoms with Gasteiger partial charge in [-0.1, -0.05) is 66.7 Å². The molecule has 1 aromatic rings. The highest BCUT2D eigenvalue weighted by Crippen LogP contribution is 2.27. The third kappa shape index (κ3) is 2.71. The Morgan fingerprint density at radius 3 is 2.79 bits per heavy atom. The van der Waals surface area contributed by atoms with Gasteiger partial charge in [0.25, 0.3) is 0 Å². The first-order chi connectivity index (χ1) is 6.69. The highest BCUT2D eigenvalue weighted by molar-refractivity contribution is 9.09. The Balaban J connectivity index is 2.89. The van der Waals surface area contributed by atoms with E-state index < -0.39 is 0 Å².